The molecule has 1 heterocycles. The Kier molecular flexibility index (Phi) is 5.35. The number of carbonyl (C=O) groups excluding carboxylic acids is 1. The van der Waals surface area contributed by atoms with E-state index in [-0.39, 0.29) is 29.8 Å². The fourth-order valence-electron chi connectivity index (χ4n) is 5.69. The molecule has 146 valence electrons. The van der Waals surface area contributed by atoms with Crippen LogP contribution in [-0.2, 0) is 14.3 Å². The fraction of sp³-hybridized carbons (Fsp3) is 0.762. The zero-order chi connectivity index (χ0) is 19.1. The van der Waals surface area contributed by atoms with Gasteiger partial charge < -0.3 is 19.7 Å². The summed E-state index contributed by atoms with van der Waals surface area (Å²) in [5.74, 6) is 0.181. The molecule has 1 saturated heterocycles. The maximum atomic E-state index is 12.0. The molecule has 0 aromatic rings. The monoisotopic (exact) mass is 364 g/mol. The average molecular weight is 364 g/mol. The second-order valence-corrected chi connectivity index (χ2v) is 8.77. The van der Waals surface area contributed by atoms with Crippen LogP contribution in [0.5, 0.6) is 0 Å². The number of allylic oxidation sites excluding steroid dienone is 2. The Hall–Kier alpha value is -1.17. The van der Waals surface area contributed by atoms with Crippen LogP contribution >= 0.6 is 0 Å². The number of rotatable bonds is 4. The lowest BCUT2D eigenvalue weighted by atomic mass is 9.46. The Morgan fingerprint density at radius 1 is 1.38 bits per heavy atom. The fourth-order valence-corrected chi connectivity index (χ4v) is 5.69. The predicted octanol–water partition coefficient (Wildman–Crippen LogP) is 2.96. The lowest BCUT2D eigenvalue weighted by Crippen LogP contribution is -2.57. The van der Waals surface area contributed by atoms with Gasteiger partial charge in [-0.2, -0.15) is 0 Å². The highest BCUT2D eigenvalue weighted by molar-refractivity contribution is 5.90. The minimum absolute atomic E-state index is 0.00342. The van der Waals surface area contributed by atoms with Gasteiger partial charge in [-0.3, -0.25) is 0 Å². The van der Waals surface area contributed by atoms with Crippen molar-refractivity contribution in [3.05, 3.63) is 23.8 Å². The molecular formula is C21H32O5. The summed E-state index contributed by atoms with van der Waals surface area (Å²) in [5, 5.41) is 20.6. The van der Waals surface area contributed by atoms with Gasteiger partial charge >= 0.3 is 5.97 Å². The molecule has 2 saturated carbocycles. The molecule has 0 spiro atoms. The molecule has 3 aliphatic rings. The standard InChI is InChI=1S/C21H32O5/c1-13-5-8-16-20(2,10-9-17(23)21(16,3)12-22)15(13)7-6-14-11-18(25-4)26-19(14)24/h6,15-18,22-23H,1,5,7-12H2,2-4H3/b14-6-/t15-,16+,17-,18?,20+,21+/m1/s1. The summed E-state index contributed by atoms with van der Waals surface area (Å²) < 4.78 is 10.3. The van der Waals surface area contributed by atoms with E-state index in [1.807, 2.05) is 13.0 Å². The number of aliphatic hydroxyl groups excluding tert-OH is 2. The zero-order valence-corrected chi connectivity index (χ0v) is 16.2. The lowest BCUT2D eigenvalue weighted by molar-refractivity contribution is -0.156. The topological polar surface area (TPSA) is 76.0 Å². The van der Waals surface area contributed by atoms with Crippen molar-refractivity contribution in [1.82, 2.24) is 0 Å². The molecule has 1 unspecified atom stereocenters. The number of carbonyl (C=O) groups is 1. The molecule has 2 N–H and O–H groups in total. The van der Waals surface area contributed by atoms with Crippen molar-refractivity contribution in [2.45, 2.75) is 64.8 Å². The van der Waals surface area contributed by atoms with Gasteiger partial charge in [-0.1, -0.05) is 32.1 Å². The maximum Gasteiger partial charge on any atom is 0.336 e. The molecule has 6 atom stereocenters. The van der Waals surface area contributed by atoms with Gasteiger partial charge in [0.25, 0.3) is 0 Å². The van der Waals surface area contributed by atoms with E-state index in [1.165, 1.54) is 5.57 Å². The molecule has 0 aromatic heterocycles. The highest BCUT2D eigenvalue weighted by Crippen LogP contribution is 2.61. The van der Waals surface area contributed by atoms with Crippen LogP contribution in [0.25, 0.3) is 0 Å². The van der Waals surface area contributed by atoms with Gasteiger partial charge in [0.1, 0.15) is 0 Å². The number of hydrogen-bond acceptors (Lipinski definition) is 5. The van der Waals surface area contributed by atoms with Crippen molar-refractivity contribution in [3.63, 3.8) is 0 Å². The third-order valence-electron chi connectivity index (χ3n) is 7.44. The van der Waals surface area contributed by atoms with Crippen LogP contribution in [0.15, 0.2) is 23.8 Å². The Morgan fingerprint density at radius 2 is 2.12 bits per heavy atom. The van der Waals surface area contributed by atoms with Gasteiger partial charge in [-0.15, -0.1) is 0 Å². The summed E-state index contributed by atoms with van der Waals surface area (Å²) in [6.07, 6.45) is 5.73. The number of methoxy groups -OCH3 is 1. The Balaban J connectivity index is 1.84. The van der Waals surface area contributed by atoms with Gasteiger partial charge in [-0.25, -0.2) is 4.79 Å². The quantitative estimate of drug-likeness (QED) is 0.456. The van der Waals surface area contributed by atoms with Crippen molar-refractivity contribution >= 4 is 5.97 Å². The minimum Gasteiger partial charge on any atom is -0.432 e. The first kappa shape index (κ1) is 19.6. The first-order chi connectivity index (χ1) is 12.3. The molecule has 0 amide bonds. The van der Waals surface area contributed by atoms with E-state index < -0.39 is 17.8 Å². The van der Waals surface area contributed by atoms with Crippen LogP contribution in [0, 0.1) is 22.7 Å². The summed E-state index contributed by atoms with van der Waals surface area (Å²) in [6.45, 7) is 8.61. The number of hydrogen-bond donors (Lipinski definition) is 2. The van der Waals surface area contributed by atoms with Crippen LogP contribution in [0.3, 0.4) is 0 Å². The second-order valence-electron chi connectivity index (χ2n) is 8.77. The molecule has 3 rings (SSSR count). The Labute approximate surface area is 156 Å². The molecular weight excluding hydrogens is 332 g/mol. The largest absolute Gasteiger partial charge is 0.432 e. The summed E-state index contributed by atoms with van der Waals surface area (Å²) in [6, 6.07) is 0. The SMILES string of the molecule is C=C1CC[C@@H]2[C@](C)(CO)[C@H](O)CC[C@@]2(C)[C@@H]1C/C=C1/CC(OC)OC1=O. The Bertz CT molecular complexity index is 612. The third-order valence-corrected chi connectivity index (χ3v) is 7.44. The number of cyclic esters (lactones) is 1. The van der Waals surface area contributed by atoms with E-state index in [1.54, 1.807) is 7.11 Å². The molecule has 1 aliphatic heterocycles. The van der Waals surface area contributed by atoms with Gasteiger partial charge in [0.05, 0.1) is 12.7 Å². The molecule has 0 aromatic carbocycles. The molecule has 3 fully saturated rings. The van der Waals surface area contributed by atoms with Crippen LogP contribution in [0.2, 0.25) is 0 Å². The van der Waals surface area contributed by atoms with Gasteiger partial charge in [0, 0.05) is 24.5 Å². The van der Waals surface area contributed by atoms with Crippen LogP contribution in [-0.4, -0.2) is 42.3 Å². The lowest BCUT2D eigenvalue weighted by Gasteiger charge is -2.59. The number of aliphatic hydroxyl groups is 2. The zero-order valence-electron chi connectivity index (χ0n) is 16.2. The van der Waals surface area contributed by atoms with Crippen molar-refractivity contribution in [2.24, 2.45) is 22.7 Å². The van der Waals surface area contributed by atoms with E-state index in [2.05, 4.69) is 13.5 Å². The normalized spacial score (nSPS) is 44.9. The van der Waals surface area contributed by atoms with Crippen molar-refractivity contribution in [3.8, 4) is 0 Å². The van der Waals surface area contributed by atoms with E-state index in [0.29, 0.717) is 18.4 Å². The number of esters is 1. The molecule has 2 aliphatic carbocycles. The van der Waals surface area contributed by atoms with Crippen LogP contribution < -0.4 is 0 Å². The van der Waals surface area contributed by atoms with Crippen molar-refractivity contribution in [2.75, 3.05) is 13.7 Å². The summed E-state index contributed by atoms with van der Waals surface area (Å²) >= 11 is 0. The highest BCUT2D eigenvalue weighted by atomic mass is 16.7. The van der Waals surface area contributed by atoms with Gasteiger partial charge in [0.15, 0.2) is 0 Å². The maximum absolute atomic E-state index is 12.0. The van der Waals surface area contributed by atoms with Crippen molar-refractivity contribution in [1.29, 1.82) is 0 Å². The van der Waals surface area contributed by atoms with Crippen LogP contribution in [0.1, 0.15) is 52.4 Å². The Morgan fingerprint density at radius 3 is 2.73 bits per heavy atom. The number of fused-ring (bicyclic) bond motifs is 1. The average Bonchev–Trinajstić information content (AvgIpc) is 2.98. The minimum atomic E-state index is -0.480. The molecule has 0 bridgehead atoms. The molecule has 26 heavy (non-hydrogen) atoms. The van der Waals surface area contributed by atoms with Crippen LogP contribution in [0.4, 0.5) is 0 Å². The van der Waals surface area contributed by atoms with Gasteiger partial charge in [-0.05, 0) is 49.4 Å². The van der Waals surface area contributed by atoms with E-state index in [9.17, 15) is 15.0 Å². The summed E-state index contributed by atoms with van der Waals surface area (Å²) in [5.41, 5.74) is 1.38. The molecule has 5 heteroatoms. The first-order valence-corrected chi connectivity index (χ1v) is 9.65. The third kappa shape index (κ3) is 3.04. The molecule has 5 nitrogen and oxygen atoms in total. The second kappa shape index (κ2) is 7.10. The number of ether oxygens (including phenoxy) is 2. The smallest absolute Gasteiger partial charge is 0.336 e. The van der Waals surface area contributed by atoms with E-state index >= 15 is 0 Å². The highest BCUT2D eigenvalue weighted by Gasteiger charge is 2.57. The van der Waals surface area contributed by atoms with E-state index in [4.69, 9.17) is 9.47 Å². The predicted molar refractivity (Wildman–Crippen MR) is 98.1 cm³/mol. The summed E-state index contributed by atoms with van der Waals surface area (Å²) in [7, 11) is 1.54. The van der Waals surface area contributed by atoms with Crippen molar-refractivity contribution < 1.29 is 24.5 Å². The first-order valence-electron chi connectivity index (χ1n) is 9.65. The van der Waals surface area contributed by atoms with Gasteiger partial charge in [0.2, 0.25) is 6.29 Å². The molecule has 0 radical (unpaired) electrons. The summed E-state index contributed by atoms with van der Waals surface area (Å²) in [4.78, 5) is 12.0. The van der Waals surface area contributed by atoms with E-state index in [0.717, 1.165) is 25.7 Å².